The number of nitro benzene ring substituents is 1. The molecule has 1 atom stereocenters. The topological polar surface area (TPSA) is 102 Å². The minimum Gasteiger partial charge on any atom is -0.378 e. The lowest BCUT2D eigenvalue weighted by atomic mass is 10.2. The summed E-state index contributed by atoms with van der Waals surface area (Å²) >= 11 is 1.56. The number of benzene rings is 2. The number of nitro groups is 1. The second-order valence-corrected chi connectivity index (χ2v) is 9.93. The zero-order valence-corrected chi connectivity index (χ0v) is 18.1. The van der Waals surface area contributed by atoms with Gasteiger partial charge in [-0.15, -0.1) is 11.3 Å². The SMILES string of the molecule is Cc1ccc(-c2nc(C)c(C(C)Nc3ccc([N+](=O)[O-])c(S(C)(=O)=O)c3)s2)cc1. The average molecular weight is 432 g/mol. The lowest BCUT2D eigenvalue weighted by Gasteiger charge is -2.15. The van der Waals surface area contributed by atoms with Crippen molar-refractivity contribution >= 4 is 32.5 Å². The number of hydrogen-bond acceptors (Lipinski definition) is 7. The average Bonchev–Trinajstić information content (AvgIpc) is 3.03. The third-order valence-corrected chi connectivity index (χ3v) is 6.98. The van der Waals surface area contributed by atoms with Gasteiger partial charge in [0.25, 0.3) is 5.69 Å². The molecule has 2 aromatic carbocycles. The summed E-state index contributed by atoms with van der Waals surface area (Å²) in [5.41, 5.74) is 3.17. The van der Waals surface area contributed by atoms with Crippen LogP contribution in [0.25, 0.3) is 10.6 Å². The van der Waals surface area contributed by atoms with E-state index < -0.39 is 20.4 Å². The monoisotopic (exact) mass is 431 g/mol. The molecular weight excluding hydrogens is 410 g/mol. The minimum absolute atomic E-state index is 0.152. The van der Waals surface area contributed by atoms with Crippen molar-refractivity contribution < 1.29 is 13.3 Å². The largest absolute Gasteiger partial charge is 0.378 e. The van der Waals surface area contributed by atoms with Crippen LogP contribution in [0.5, 0.6) is 0 Å². The fourth-order valence-electron chi connectivity index (χ4n) is 3.00. The highest BCUT2D eigenvalue weighted by molar-refractivity contribution is 7.90. The van der Waals surface area contributed by atoms with Crippen molar-refractivity contribution in [3.8, 4) is 10.6 Å². The molecule has 0 aliphatic rings. The van der Waals surface area contributed by atoms with E-state index in [2.05, 4.69) is 10.3 Å². The molecule has 0 radical (unpaired) electrons. The number of nitrogens with zero attached hydrogens (tertiary/aromatic N) is 2. The summed E-state index contributed by atoms with van der Waals surface area (Å²) in [5.74, 6) is 0. The van der Waals surface area contributed by atoms with Gasteiger partial charge >= 0.3 is 0 Å². The first-order valence-electron chi connectivity index (χ1n) is 8.85. The second kappa shape index (κ2) is 7.92. The number of aryl methyl sites for hydroxylation is 2. The highest BCUT2D eigenvalue weighted by Crippen LogP contribution is 2.34. The first kappa shape index (κ1) is 20.9. The van der Waals surface area contributed by atoms with Crippen LogP contribution in [0.3, 0.4) is 0 Å². The third kappa shape index (κ3) is 4.63. The molecule has 0 saturated carbocycles. The van der Waals surface area contributed by atoms with Crippen LogP contribution < -0.4 is 5.32 Å². The highest BCUT2D eigenvalue weighted by atomic mass is 32.2. The molecule has 1 heterocycles. The normalized spacial score (nSPS) is 12.6. The molecule has 1 aromatic heterocycles. The summed E-state index contributed by atoms with van der Waals surface area (Å²) in [5, 5.41) is 15.3. The van der Waals surface area contributed by atoms with E-state index >= 15 is 0 Å². The van der Waals surface area contributed by atoms with Gasteiger partial charge in [-0.1, -0.05) is 29.8 Å². The summed E-state index contributed by atoms with van der Waals surface area (Å²) in [6.45, 7) is 5.91. The Morgan fingerprint density at radius 2 is 1.79 bits per heavy atom. The van der Waals surface area contributed by atoms with Gasteiger partial charge in [0.05, 0.1) is 16.7 Å². The smallest absolute Gasteiger partial charge is 0.288 e. The molecule has 1 N–H and O–H groups in total. The van der Waals surface area contributed by atoms with Gasteiger partial charge in [0.15, 0.2) is 9.84 Å². The number of hydrogen-bond donors (Lipinski definition) is 1. The molecule has 29 heavy (non-hydrogen) atoms. The van der Waals surface area contributed by atoms with Gasteiger partial charge in [0.2, 0.25) is 0 Å². The maximum absolute atomic E-state index is 12.0. The lowest BCUT2D eigenvalue weighted by Crippen LogP contribution is -2.08. The van der Waals surface area contributed by atoms with Crippen molar-refractivity contribution in [2.75, 3.05) is 11.6 Å². The van der Waals surface area contributed by atoms with Gasteiger partial charge < -0.3 is 5.32 Å². The van der Waals surface area contributed by atoms with Gasteiger partial charge in [-0.05, 0) is 32.9 Å². The van der Waals surface area contributed by atoms with Gasteiger partial charge in [-0.2, -0.15) is 0 Å². The standard InChI is InChI=1S/C20H21N3O4S2/c1-12-5-7-15(8-6-12)20-22-14(3)19(28-20)13(2)21-16-9-10-17(23(24)25)18(11-16)29(4,26)27/h5-11,13,21H,1-4H3. The fraction of sp³-hybridized carbons (Fsp3) is 0.250. The number of aromatic nitrogens is 1. The van der Waals surface area contributed by atoms with Crippen molar-refractivity contribution in [2.24, 2.45) is 0 Å². The van der Waals surface area contributed by atoms with Crippen LogP contribution >= 0.6 is 11.3 Å². The molecule has 0 aliphatic carbocycles. The van der Waals surface area contributed by atoms with Crippen LogP contribution in [0.1, 0.15) is 29.1 Å². The fourth-order valence-corrected chi connectivity index (χ4v) is 4.93. The highest BCUT2D eigenvalue weighted by Gasteiger charge is 2.23. The zero-order chi connectivity index (χ0) is 21.3. The zero-order valence-electron chi connectivity index (χ0n) is 16.5. The van der Waals surface area contributed by atoms with E-state index in [1.54, 1.807) is 11.3 Å². The van der Waals surface area contributed by atoms with Crippen LogP contribution in [0.15, 0.2) is 47.4 Å². The maximum Gasteiger partial charge on any atom is 0.288 e. The van der Waals surface area contributed by atoms with Crippen molar-refractivity contribution in [3.05, 3.63) is 68.7 Å². The predicted octanol–water partition coefficient (Wildman–Crippen LogP) is 4.91. The number of sulfone groups is 1. The van der Waals surface area contributed by atoms with E-state index in [0.29, 0.717) is 5.69 Å². The lowest BCUT2D eigenvalue weighted by molar-refractivity contribution is -0.387. The number of thiazole rings is 1. The third-order valence-electron chi connectivity index (χ3n) is 4.46. The Labute approximate surface area is 173 Å². The second-order valence-electron chi connectivity index (χ2n) is 6.91. The van der Waals surface area contributed by atoms with Gasteiger partial charge in [-0.25, -0.2) is 13.4 Å². The molecule has 0 amide bonds. The van der Waals surface area contributed by atoms with E-state index in [1.165, 1.54) is 23.8 Å². The molecule has 152 valence electrons. The Bertz CT molecular complexity index is 1170. The summed E-state index contributed by atoms with van der Waals surface area (Å²) < 4.78 is 23.9. The minimum atomic E-state index is -3.74. The van der Waals surface area contributed by atoms with Gasteiger partial charge in [0.1, 0.15) is 9.90 Å². The molecule has 3 rings (SSSR count). The van der Waals surface area contributed by atoms with E-state index in [4.69, 9.17) is 0 Å². The van der Waals surface area contributed by atoms with E-state index in [0.717, 1.165) is 27.4 Å². The van der Waals surface area contributed by atoms with Crippen LogP contribution in [-0.2, 0) is 9.84 Å². The van der Waals surface area contributed by atoms with E-state index in [-0.39, 0.29) is 10.9 Å². The Balaban J connectivity index is 1.90. The first-order chi connectivity index (χ1) is 13.6. The van der Waals surface area contributed by atoms with Gasteiger partial charge in [0, 0.05) is 28.5 Å². The maximum atomic E-state index is 12.0. The molecular formula is C20H21N3O4S2. The van der Waals surface area contributed by atoms with Crippen LogP contribution in [0, 0.1) is 24.0 Å². The van der Waals surface area contributed by atoms with Crippen LogP contribution in [-0.4, -0.2) is 24.6 Å². The molecule has 0 fully saturated rings. The van der Waals surface area contributed by atoms with Crippen molar-refractivity contribution in [2.45, 2.75) is 31.7 Å². The molecule has 0 spiro atoms. The van der Waals surface area contributed by atoms with Crippen LogP contribution in [0.2, 0.25) is 0 Å². The van der Waals surface area contributed by atoms with Crippen LogP contribution in [0.4, 0.5) is 11.4 Å². The Morgan fingerprint density at radius 3 is 2.38 bits per heavy atom. The summed E-state index contributed by atoms with van der Waals surface area (Å²) in [7, 11) is -3.74. The summed E-state index contributed by atoms with van der Waals surface area (Å²) in [6, 6.07) is 12.0. The van der Waals surface area contributed by atoms with Gasteiger partial charge in [-0.3, -0.25) is 10.1 Å². The number of rotatable bonds is 6. The molecule has 0 saturated heterocycles. The first-order valence-corrected chi connectivity index (χ1v) is 11.6. The van der Waals surface area contributed by atoms with Crippen molar-refractivity contribution in [1.82, 2.24) is 4.98 Å². The molecule has 0 bridgehead atoms. The number of nitrogens with one attached hydrogen (secondary N) is 1. The molecule has 1 unspecified atom stereocenters. The Morgan fingerprint density at radius 1 is 1.14 bits per heavy atom. The van der Waals surface area contributed by atoms with E-state index in [9.17, 15) is 18.5 Å². The molecule has 9 heteroatoms. The summed E-state index contributed by atoms with van der Waals surface area (Å²) in [6.07, 6.45) is 0.962. The molecule has 7 nitrogen and oxygen atoms in total. The quantitative estimate of drug-likeness (QED) is 0.439. The Kier molecular flexibility index (Phi) is 5.72. The molecule has 3 aromatic rings. The Hall–Kier alpha value is -2.78. The van der Waals surface area contributed by atoms with E-state index in [1.807, 2.05) is 45.0 Å². The number of anilines is 1. The predicted molar refractivity (Wildman–Crippen MR) is 115 cm³/mol. The van der Waals surface area contributed by atoms with Crippen molar-refractivity contribution in [3.63, 3.8) is 0 Å². The van der Waals surface area contributed by atoms with Crippen molar-refractivity contribution in [1.29, 1.82) is 0 Å². The summed E-state index contributed by atoms with van der Waals surface area (Å²) in [4.78, 5) is 15.8. The molecule has 0 aliphatic heterocycles.